The highest BCUT2D eigenvalue weighted by Gasteiger charge is 2.62. The summed E-state index contributed by atoms with van der Waals surface area (Å²) in [6.07, 6.45) is 1.56. The molecule has 2 N–H and O–H groups in total. The lowest BCUT2D eigenvalue weighted by Gasteiger charge is -2.42. The summed E-state index contributed by atoms with van der Waals surface area (Å²) in [6, 6.07) is 2.83. The number of pyridine rings is 1. The molecule has 0 bridgehead atoms. The van der Waals surface area contributed by atoms with Crippen molar-refractivity contribution in [3.05, 3.63) is 63.1 Å². The Kier molecular flexibility index (Phi) is 5.40. The number of amides is 1. The first-order valence-corrected chi connectivity index (χ1v) is 10.5. The predicted molar refractivity (Wildman–Crippen MR) is 111 cm³/mol. The van der Waals surface area contributed by atoms with E-state index in [0.717, 1.165) is 12.1 Å². The highest BCUT2D eigenvalue weighted by molar-refractivity contribution is 6.00. The Hall–Kier alpha value is -3.07. The normalized spacial score (nSPS) is 21.9. The van der Waals surface area contributed by atoms with Crippen molar-refractivity contribution in [2.75, 3.05) is 6.61 Å². The average Bonchev–Trinajstić information content (AvgIpc) is 3.41. The number of aromatic nitrogens is 1. The molecule has 32 heavy (non-hydrogen) atoms. The number of aliphatic hydroxyl groups is 1. The number of halogens is 2. The molecule has 0 radical (unpaired) electrons. The van der Waals surface area contributed by atoms with Gasteiger partial charge in [0, 0.05) is 43.8 Å². The van der Waals surface area contributed by atoms with Crippen molar-refractivity contribution in [2.45, 2.75) is 51.2 Å². The molecule has 1 aromatic carbocycles. The lowest BCUT2D eigenvalue weighted by atomic mass is 9.99. The topological polar surface area (TPSA) is 99.8 Å². The summed E-state index contributed by atoms with van der Waals surface area (Å²) in [6.45, 7) is 3.78. The monoisotopic (exact) mass is 446 g/mol. The minimum Gasteiger partial charge on any atom is -0.503 e. The Morgan fingerprint density at radius 2 is 2.00 bits per heavy atom. The molecule has 2 unspecified atom stereocenters. The van der Waals surface area contributed by atoms with Crippen molar-refractivity contribution in [3.63, 3.8) is 0 Å². The smallest absolute Gasteiger partial charge is 0.275 e. The van der Waals surface area contributed by atoms with Gasteiger partial charge >= 0.3 is 0 Å². The largest absolute Gasteiger partial charge is 0.503 e. The second-order valence-electron chi connectivity index (χ2n) is 8.81. The van der Waals surface area contributed by atoms with Crippen LogP contribution in [0.15, 0.2) is 29.2 Å². The van der Waals surface area contributed by atoms with Crippen LogP contribution in [0.25, 0.3) is 0 Å². The lowest BCUT2D eigenvalue weighted by Crippen LogP contribution is -2.55. The van der Waals surface area contributed by atoms with E-state index in [0.29, 0.717) is 6.42 Å². The van der Waals surface area contributed by atoms with E-state index < -0.39 is 40.0 Å². The highest BCUT2D eigenvalue weighted by atomic mass is 19.1. The van der Waals surface area contributed by atoms with Gasteiger partial charge in [0.2, 0.25) is 5.43 Å². The predicted octanol–water partition coefficient (Wildman–Crippen LogP) is 2.26. The van der Waals surface area contributed by atoms with Crippen LogP contribution in [0, 0.1) is 17.6 Å². The van der Waals surface area contributed by atoms with E-state index in [4.69, 9.17) is 0 Å². The number of hydrogen-bond acceptors (Lipinski definition) is 5. The molecule has 9 heteroatoms. The number of ketones is 1. The Morgan fingerprint density at radius 3 is 2.59 bits per heavy atom. The first kappa shape index (κ1) is 22.1. The van der Waals surface area contributed by atoms with E-state index in [1.807, 2.05) is 13.8 Å². The van der Waals surface area contributed by atoms with Crippen LogP contribution in [-0.4, -0.2) is 49.6 Å². The third-order valence-corrected chi connectivity index (χ3v) is 6.47. The van der Waals surface area contributed by atoms with Crippen molar-refractivity contribution in [2.24, 2.45) is 5.92 Å². The Labute approximate surface area is 182 Å². The van der Waals surface area contributed by atoms with Crippen LogP contribution >= 0.6 is 0 Å². The standard InChI is InChI=1S/C23H24F2N2O5/c1-12(2)27-22(32)19-21(31)20(30)16(9-26(19)11-23(27)8-14(23)10-28)18(29)6-4-13-3-5-15(24)7-17(13)25/h3,5,7,9,12,14,28,31H,4,6,8,10-11H2,1-2H3. The number of nitrogens with zero attached hydrogens (tertiary/aromatic N) is 2. The van der Waals surface area contributed by atoms with Crippen LogP contribution in [0.4, 0.5) is 8.78 Å². The van der Waals surface area contributed by atoms with Crippen molar-refractivity contribution >= 4 is 11.7 Å². The van der Waals surface area contributed by atoms with Gasteiger partial charge in [0.25, 0.3) is 5.91 Å². The summed E-state index contributed by atoms with van der Waals surface area (Å²) in [4.78, 5) is 40.2. The number of hydrogen-bond donors (Lipinski definition) is 2. The van der Waals surface area contributed by atoms with Gasteiger partial charge in [-0.1, -0.05) is 6.07 Å². The van der Waals surface area contributed by atoms with E-state index in [1.165, 1.54) is 16.8 Å². The maximum absolute atomic E-state index is 13.9. The lowest BCUT2D eigenvalue weighted by molar-refractivity contribution is 0.0394. The van der Waals surface area contributed by atoms with Crippen LogP contribution in [0.5, 0.6) is 5.75 Å². The number of carbonyl (C=O) groups excluding carboxylic acids is 2. The van der Waals surface area contributed by atoms with Gasteiger partial charge in [0.1, 0.15) is 11.6 Å². The van der Waals surface area contributed by atoms with Gasteiger partial charge in [0.05, 0.1) is 11.1 Å². The zero-order valence-electron chi connectivity index (χ0n) is 17.8. The third-order valence-electron chi connectivity index (χ3n) is 6.47. The van der Waals surface area contributed by atoms with E-state index in [-0.39, 0.29) is 54.8 Å². The summed E-state index contributed by atoms with van der Waals surface area (Å²) < 4.78 is 28.3. The molecule has 2 aliphatic rings. The van der Waals surface area contributed by atoms with Crippen molar-refractivity contribution in [1.82, 2.24) is 9.47 Å². The van der Waals surface area contributed by atoms with Gasteiger partial charge in [-0.15, -0.1) is 0 Å². The van der Waals surface area contributed by atoms with E-state index in [2.05, 4.69) is 0 Å². The third kappa shape index (κ3) is 3.40. The molecule has 4 rings (SSSR count). The molecule has 1 aromatic heterocycles. The first-order chi connectivity index (χ1) is 15.1. The van der Waals surface area contributed by atoms with Gasteiger partial charge in [-0.25, -0.2) is 8.78 Å². The number of carbonyl (C=O) groups is 2. The molecule has 1 saturated carbocycles. The maximum Gasteiger partial charge on any atom is 0.275 e. The number of benzene rings is 1. The molecule has 7 nitrogen and oxygen atoms in total. The molecule has 1 fully saturated rings. The molecule has 0 saturated heterocycles. The molecule has 1 amide bonds. The van der Waals surface area contributed by atoms with Gasteiger partial charge in [-0.05, 0) is 38.3 Å². The summed E-state index contributed by atoms with van der Waals surface area (Å²) in [5.41, 5.74) is -1.93. The van der Waals surface area contributed by atoms with Crippen molar-refractivity contribution in [1.29, 1.82) is 0 Å². The highest BCUT2D eigenvalue weighted by Crippen LogP contribution is 2.53. The SMILES string of the molecule is CC(C)N1C(=O)c2c(O)c(=O)c(C(=O)CCc3ccc(F)cc3F)cn2CC12CC2CO. The zero-order valence-corrected chi connectivity index (χ0v) is 17.8. The molecule has 170 valence electrons. The second kappa shape index (κ2) is 7.81. The minimum atomic E-state index is -0.955. The number of aliphatic hydroxyl groups excluding tert-OH is 1. The van der Waals surface area contributed by atoms with Crippen LogP contribution in [0.2, 0.25) is 0 Å². The van der Waals surface area contributed by atoms with E-state index in [1.54, 1.807) is 4.90 Å². The maximum atomic E-state index is 13.9. The van der Waals surface area contributed by atoms with Crippen LogP contribution in [0.1, 0.15) is 53.1 Å². The number of Topliss-reactive ketones (excluding diaryl/α,β-unsaturated/α-hetero) is 1. The van der Waals surface area contributed by atoms with Crippen molar-refractivity contribution in [3.8, 4) is 5.75 Å². The molecule has 1 spiro atoms. The quantitative estimate of drug-likeness (QED) is 0.664. The summed E-state index contributed by atoms with van der Waals surface area (Å²) >= 11 is 0. The second-order valence-corrected chi connectivity index (χ2v) is 8.81. The van der Waals surface area contributed by atoms with Gasteiger partial charge in [-0.2, -0.15) is 0 Å². The average molecular weight is 446 g/mol. The Balaban J connectivity index is 1.67. The molecule has 2 aromatic rings. The molecular weight excluding hydrogens is 422 g/mol. The van der Waals surface area contributed by atoms with Gasteiger partial charge in [0.15, 0.2) is 17.2 Å². The Bertz CT molecular complexity index is 1180. The minimum absolute atomic E-state index is 0.0521. The number of aryl methyl sites for hydroxylation is 1. The zero-order chi connectivity index (χ0) is 23.4. The molecule has 1 aliphatic carbocycles. The van der Waals surface area contributed by atoms with Crippen LogP contribution in [0.3, 0.4) is 0 Å². The van der Waals surface area contributed by atoms with E-state index in [9.17, 15) is 33.4 Å². The van der Waals surface area contributed by atoms with Gasteiger partial charge in [-0.3, -0.25) is 14.4 Å². The molecule has 2 heterocycles. The number of aromatic hydroxyl groups is 1. The summed E-state index contributed by atoms with van der Waals surface area (Å²) in [7, 11) is 0. The van der Waals surface area contributed by atoms with Crippen LogP contribution in [-0.2, 0) is 13.0 Å². The van der Waals surface area contributed by atoms with Gasteiger partial charge < -0.3 is 19.7 Å². The summed E-state index contributed by atoms with van der Waals surface area (Å²) in [5.74, 6) is -3.59. The fraction of sp³-hybridized carbons (Fsp3) is 0.435. The number of rotatable bonds is 6. The van der Waals surface area contributed by atoms with E-state index >= 15 is 0 Å². The first-order valence-electron chi connectivity index (χ1n) is 10.5. The molecular formula is C23H24F2N2O5. The molecule has 2 atom stereocenters. The fourth-order valence-electron chi connectivity index (χ4n) is 4.83. The number of fused-ring (bicyclic) bond motifs is 1. The molecule has 1 aliphatic heterocycles. The van der Waals surface area contributed by atoms with Crippen molar-refractivity contribution < 1.29 is 28.6 Å². The fourth-order valence-corrected chi connectivity index (χ4v) is 4.83. The summed E-state index contributed by atoms with van der Waals surface area (Å²) in [5, 5.41) is 20.2. The van der Waals surface area contributed by atoms with Crippen LogP contribution < -0.4 is 5.43 Å². The Morgan fingerprint density at radius 1 is 1.28 bits per heavy atom.